The van der Waals surface area contributed by atoms with E-state index in [1.54, 1.807) is 0 Å². The lowest BCUT2D eigenvalue weighted by atomic mass is 9.78. The Kier molecular flexibility index (Phi) is 8.68. The van der Waals surface area contributed by atoms with E-state index < -0.39 is 12.2 Å². The van der Waals surface area contributed by atoms with Crippen LogP contribution in [0.3, 0.4) is 0 Å². The van der Waals surface area contributed by atoms with Crippen LogP contribution in [-0.4, -0.2) is 61.6 Å². The van der Waals surface area contributed by atoms with E-state index in [0.29, 0.717) is 17.2 Å². The van der Waals surface area contributed by atoms with Gasteiger partial charge in [-0.25, -0.2) is 4.68 Å². The summed E-state index contributed by atoms with van der Waals surface area (Å²) >= 11 is 5.59. The standard InChI is InChI=1S/C24H30ClN3O5/c1-24(2,17-3-7-22(8-4-17)32-15-20(30)11-25)18-5-9-23(10-6-18)33-16-21(31)13-28-19(14-29)12-26-27-28/h3-10,12,20-21,29-31H,11,13-16H2,1-2H3/t20-,21-/m1/s1. The molecule has 0 spiro atoms. The van der Waals surface area contributed by atoms with Gasteiger partial charge in [0.05, 0.1) is 30.9 Å². The predicted molar refractivity (Wildman–Crippen MR) is 125 cm³/mol. The van der Waals surface area contributed by atoms with Gasteiger partial charge in [-0.3, -0.25) is 0 Å². The zero-order chi connectivity index (χ0) is 23.8. The summed E-state index contributed by atoms with van der Waals surface area (Å²) in [7, 11) is 0. The molecule has 0 aliphatic heterocycles. The summed E-state index contributed by atoms with van der Waals surface area (Å²) in [5.74, 6) is 1.46. The Morgan fingerprint density at radius 1 is 0.909 bits per heavy atom. The molecule has 1 heterocycles. The molecule has 8 nitrogen and oxygen atoms in total. The number of hydrogen-bond donors (Lipinski definition) is 3. The molecule has 3 aromatic rings. The van der Waals surface area contributed by atoms with Crippen molar-refractivity contribution in [3.63, 3.8) is 0 Å². The molecular weight excluding hydrogens is 446 g/mol. The number of aliphatic hydroxyl groups excluding tert-OH is 3. The number of hydrogen-bond acceptors (Lipinski definition) is 7. The molecule has 0 aliphatic carbocycles. The minimum atomic E-state index is -0.792. The van der Waals surface area contributed by atoms with Crippen molar-refractivity contribution in [1.29, 1.82) is 0 Å². The summed E-state index contributed by atoms with van der Waals surface area (Å²) in [4.78, 5) is 0. The molecule has 9 heteroatoms. The minimum absolute atomic E-state index is 0.0906. The summed E-state index contributed by atoms with van der Waals surface area (Å²) in [6, 6.07) is 15.5. The van der Waals surface area contributed by atoms with E-state index in [-0.39, 0.29) is 37.7 Å². The van der Waals surface area contributed by atoms with Gasteiger partial charge in [0, 0.05) is 5.41 Å². The third kappa shape index (κ3) is 6.68. The Balaban J connectivity index is 1.56. The maximum atomic E-state index is 10.2. The van der Waals surface area contributed by atoms with Gasteiger partial charge in [0.15, 0.2) is 0 Å². The fraction of sp³-hybridized carbons (Fsp3) is 0.417. The highest BCUT2D eigenvalue weighted by molar-refractivity contribution is 6.18. The van der Waals surface area contributed by atoms with Gasteiger partial charge in [0.2, 0.25) is 0 Å². The summed E-state index contributed by atoms with van der Waals surface area (Å²) in [6.45, 7) is 4.51. The number of aliphatic hydroxyl groups is 3. The summed E-state index contributed by atoms with van der Waals surface area (Å²) in [6.07, 6.45) is -0.0229. The molecule has 0 amide bonds. The maximum Gasteiger partial charge on any atom is 0.119 e. The molecule has 3 N–H and O–H groups in total. The second-order valence-electron chi connectivity index (χ2n) is 8.32. The lowest BCUT2D eigenvalue weighted by Gasteiger charge is -2.26. The SMILES string of the molecule is CC(C)(c1ccc(OC[C@H](O)CCl)cc1)c1ccc(OC[C@H](O)Cn2nncc2CO)cc1. The van der Waals surface area contributed by atoms with Crippen LogP contribution in [0.25, 0.3) is 0 Å². The molecule has 0 radical (unpaired) electrons. The van der Waals surface area contributed by atoms with Gasteiger partial charge >= 0.3 is 0 Å². The van der Waals surface area contributed by atoms with Crippen molar-refractivity contribution in [3.8, 4) is 11.5 Å². The van der Waals surface area contributed by atoms with Crippen LogP contribution in [0.4, 0.5) is 0 Å². The molecule has 0 aliphatic rings. The second-order valence-corrected chi connectivity index (χ2v) is 8.63. The molecular formula is C24H30ClN3O5. The topological polar surface area (TPSA) is 110 Å². The van der Waals surface area contributed by atoms with Crippen LogP contribution in [0.5, 0.6) is 11.5 Å². The molecule has 2 aromatic carbocycles. The molecule has 178 valence electrons. The molecule has 3 rings (SSSR count). The number of benzene rings is 2. The van der Waals surface area contributed by atoms with Crippen molar-refractivity contribution in [3.05, 3.63) is 71.5 Å². The van der Waals surface area contributed by atoms with E-state index in [2.05, 4.69) is 24.2 Å². The van der Waals surface area contributed by atoms with Gasteiger partial charge in [-0.05, 0) is 35.4 Å². The molecule has 1 aromatic heterocycles. The first-order valence-electron chi connectivity index (χ1n) is 10.7. The van der Waals surface area contributed by atoms with Crippen LogP contribution in [0.15, 0.2) is 54.7 Å². The van der Waals surface area contributed by atoms with Gasteiger partial charge in [-0.1, -0.05) is 43.3 Å². The highest BCUT2D eigenvalue weighted by Gasteiger charge is 2.23. The van der Waals surface area contributed by atoms with Crippen LogP contribution >= 0.6 is 11.6 Å². The zero-order valence-corrected chi connectivity index (χ0v) is 19.5. The Morgan fingerprint density at radius 3 is 1.91 bits per heavy atom. The molecule has 0 unspecified atom stereocenters. The van der Waals surface area contributed by atoms with Crippen LogP contribution in [0.2, 0.25) is 0 Å². The number of aromatic nitrogens is 3. The first kappa shape index (κ1) is 25.0. The smallest absolute Gasteiger partial charge is 0.119 e. The quantitative estimate of drug-likeness (QED) is 0.345. The van der Waals surface area contributed by atoms with Crippen molar-refractivity contribution in [1.82, 2.24) is 15.0 Å². The van der Waals surface area contributed by atoms with E-state index in [9.17, 15) is 15.3 Å². The predicted octanol–water partition coefficient (Wildman–Crippen LogP) is 2.51. The molecule has 0 saturated carbocycles. The van der Waals surface area contributed by atoms with Crippen molar-refractivity contribution in [2.75, 3.05) is 19.1 Å². The van der Waals surface area contributed by atoms with Gasteiger partial charge in [0.25, 0.3) is 0 Å². The fourth-order valence-electron chi connectivity index (χ4n) is 3.34. The largest absolute Gasteiger partial charge is 0.491 e. The number of ether oxygens (including phenoxy) is 2. The van der Waals surface area contributed by atoms with E-state index in [4.69, 9.17) is 21.1 Å². The number of nitrogens with zero attached hydrogens (tertiary/aromatic N) is 3. The van der Waals surface area contributed by atoms with Gasteiger partial charge in [-0.15, -0.1) is 16.7 Å². The van der Waals surface area contributed by atoms with E-state index in [1.807, 2.05) is 48.5 Å². The zero-order valence-electron chi connectivity index (χ0n) is 18.8. The highest BCUT2D eigenvalue weighted by atomic mass is 35.5. The lowest BCUT2D eigenvalue weighted by molar-refractivity contribution is 0.0866. The molecule has 0 saturated heterocycles. The van der Waals surface area contributed by atoms with Crippen LogP contribution in [-0.2, 0) is 18.6 Å². The lowest BCUT2D eigenvalue weighted by Crippen LogP contribution is -2.25. The van der Waals surface area contributed by atoms with Crippen LogP contribution in [0, 0.1) is 0 Å². The third-order valence-corrected chi connectivity index (χ3v) is 5.81. The maximum absolute atomic E-state index is 10.2. The Morgan fingerprint density at radius 2 is 1.42 bits per heavy atom. The normalized spacial score (nSPS) is 13.5. The van der Waals surface area contributed by atoms with Crippen LogP contribution in [0.1, 0.15) is 30.7 Å². The Labute approximate surface area is 198 Å². The van der Waals surface area contributed by atoms with Gasteiger partial charge < -0.3 is 24.8 Å². The number of halogens is 1. The molecule has 0 bridgehead atoms. The first-order chi connectivity index (χ1) is 15.8. The molecule has 0 fully saturated rings. The number of alkyl halides is 1. The van der Waals surface area contributed by atoms with Gasteiger partial charge in [0.1, 0.15) is 36.9 Å². The summed E-state index contributed by atoms with van der Waals surface area (Å²) < 4.78 is 12.7. The minimum Gasteiger partial charge on any atom is -0.491 e. The van der Waals surface area contributed by atoms with Crippen LogP contribution < -0.4 is 9.47 Å². The third-order valence-electron chi connectivity index (χ3n) is 5.46. The fourth-order valence-corrected chi connectivity index (χ4v) is 3.43. The van der Waals surface area contributed by atoms with Crippen molar-refractivity contribution in [2.45, 2.75) is 44.6 Å². The van der Waals surface area contributed by atoms with Crippen molar-refractivity contribution >= 4 is 11.6 Å². The Hall–Kier alpha value is -2.65. The molecule has 33 heavy (non-hydrogen) atoms. The van der Waals surface area contributed by atoms with E-state index in [1.165, 1.54) is 10.9 Å². The average molecular weight is 476 g/mol. The van der Waals surface area contributed by atoms with Crippen molar-refractivity contribution in [2.24, 2.45) is 0 Å². The van der Waals surface area contributed by atoms with Gasteiger partial charge in [-0.2, -0.15) is 0 Å². The summed E-state index contributed by atoms with van der Waals surface area (Å²) in [5, 5.41) is 36.5. The Bertz CT molecular complexity index is 992. The monoisotopic (exact) mass is 475 g/mol. The molecule has 2 atom stereocenters. The highest BCUT2D eigenvalue weighted by Crippen LogP contribution is 2.33. The van der Waals surface area contributed by atoms with Crippen molar-refractivity contribution < 1.29 is 24.8 Å². The number of rotatable bonds is 12. The average Bonchev–Trinajstić information content (AvgIpc) is 3.28. The second kappa shape index (κ2) is 11.5. The first-order valence-corrected chi connectivity index (χ1v) is 11.2. The summed E-state index contributed by atoms with van der Waals surface area (Å²) in [5.41, 5.74) is 2.51. The van der Waals surface area contributed by atoms with E-state index >= 15 is 0 Å². The van der Waals surface area contributed by atoms with E-state index in [0.717, 1.165) is 11.1 Å².